The van der Waals surface area contributed by atoms with Crippen molar-refractivity contribution in [1.82, 2.24) is 44.9 Å². The average Bonchev–Trinajstić information content (AvgIpc) is 1.67. The Bertz CT molecular complexity index is 7930. The quantitative estimate of drug-likeness (QED) is 0.118. The van der Waals surface area contributed by atoms with Crippen LogP contribution in [0.2, 0.25) is 0 Å². The predicted molar refractivity (Wildman–Crippen MR) is 516 cm³/mol. The summed E-state index contributed by atoms with van der Waals surface area (Å²) in [5, 5.41) is 15.4. The van der Waals surface area contributed by atoms with Crippen LogP contribution in [0, 0.1) is 0 Å². The fourth-order valence-electron chi connectivity index (χ4n) is 16.3. The second kappa shape index (κ2) is 32.3. The molecule has 0 spiro atoms. The van der Waals surface area contributed by atoms with Crippen molar-refractivity contribution in [2.75, 3.05) is 0 Å². The molecular weight excluding hydrogens is 1560 g/mol. The van der Waals surface area contributed by atoms with Crippen LogP contribution in [0.3, 0.4) is 0 Å². The van der Waals surface area contributed by atoms with Crippen LogP contribution in [0.15, 0.2) is 419 Å². The van der Waals surface area contributed by atoms with Gasteiger partial charge in [-0.3, -0.25) is 0 Å². The molecule has 123 heavy (non-hydrogen) atoms. The smallest absolute Gasteiger partial charge is 0.164 e. The fraction of sp³-hybridized carbons (Fsp3) is 0. The Hall–Kier alpha value is -15.6. The number of fused-ring (bicyclic) bond motifs is 12. The molecule has 18 aromatic carbocycles. The molecule has 24 rings (SSSR count). The monoisotopic (exact) mass is 1620 g/mol. The molecule has 0 unspecified atom stereocenters. The minimum atomic E-state index is 0.659. The van der Waals surface area contributed by atoms with Crippen molar-refractivity contribution in [1.29, 1.82) is 0 Å². The molecule has 6 heterocycles. The van der Waals surface area contributed by atoms with E-state index < -0.39 is 0 Å². The third-order valence-corrected chi connectivity index (χ3v) is 25.9. The molecule has 0 atom stereocenters. The zero-order chi connectivity index (χ0) is 81.5. The Morgan fingerprint density at radius 1 is 0.122 bits per heavy atom. The highest BCUT2D eigenvalue weighted by Gasteiger charge is 2.20. The SMILES string of the molecule is c1ccc(-c2nc(-c3ccccc3)nc(-c3ccc(-c4cccc5cc6sc7ccccc7c6cc45)cc3)n2)cc1.c1ccc(-c2nc(-c3ccccc3)nc(-c3cccc(-c4ccc5cc6c(cc5c4)sc4ccccc46)c3)n2)cc1.c1ccc(-c2nc(-c3ccccc3)nc(-c3cccc(-c4ccc5cc6sc7ccccc7c6cc5c4)c3)n2)cc1. The second-order valence-corrected chi connectivity index (χ2v) is 33.6. The summed E-state index contributed by atoms with van der Waals surface area (Å²) >= 11 is 5.57. The maximum atomic E-state index is 4.92. The molecule has 0 saturated heterocycles. The van der Waals surface area contributed by atoms with Gasteiger partial charge in [0.25, 0.3) is 0 Å². The number of rotatable bonds is 12. The summed E-state index contributed by atoms with van der Waals surface area (Å²) < 4.78 is 7.94. The van der Waals surface area contributed by atoms with E-state index in [0.29, 0.717) is 52.4 Å². The Morgan fingerprint density at radius 2 is 0.374 bits per heavy atom. The van der Waals surface area contributed by atoms with Crippen molar-refractivity contribution in [3.8, 4) is 136 Å². The summed E-state index contributed by atoms with van der Waals surface area (Å²) in [6.45, 7) is 0. The molecule has 12 heteroatoms. The van der Waals surface area contributed by atoms with E-state index in [0.717, 1.165) is 61.2 Å². The Kier molecular flexibility index (Phi) is 19.4. The summed E-state index contributed by atoms with van der Waals surface area (Å²) in [6.07, 6.45) is 0. The summed E-state index contributed by atoms with van der Waals surface area (Å²) in [7, 11) is 0. The Morgan fingerprint density at radius 3 is 0.756 bits per heavy atom. The fourth-order valence-corrected chi connectivity index (χ4v) is 19.7. The van der Waals surface area contributed by atoms with E-state index in [1.807, 2.05) is 216 Å². The van der Waals surface area contributed by atoms with Crippen LogP contribution in [0.1, 0.15) is 0 Å². The lowest BCUT2D eigenvalue weighted by Crippen LogP contribution is -2.00. The van der Waals surface area contributed by atoms with Gasteiger partial charge in [0.2, 0.25) is 0 Å². The molecule has 576 valence electrons. The van der Waals surface area contributed by atoms with E-state index in [-0.39, 0.29) is 0 Å². The lowest BCUT2D eigenvalue weighted by molar-refractivity contribution is 1.07. The van der Waals surface area contributed by atoms with Gasteiger partial charge in [-0.25, -0.2) is 44.9 Å². The molecule has 0 N–H and O–H groups in total. The first kappa shape index (κ1) is 73.8. The number of benzene rings is 18. The largest absolute Gasteiger partial charge is 0.208 e. The van der Waals surface area contributed by atoms with Gasteiger partial charge >= 0.3 is 0 Å². The molecule has 9 nitrogen and oxygen atoms in total. The molecule has 0 fully saturated rings. The van der Waals surface area contributed by atoms with Crippen LogP contribution in [0.4, 0.5) is 0 Å². The zero-order valence-corrected chi connectivity index (χ0v) is 68.5. The lowest BCUT2D eigenvalue weighted by Gasteiger charge is -2.10. The normalized spacial score (nSPS) is 11.4. The lowest BCUT2D eigenvalue weighted by atomic mass is 9.96. The molecule has 24 aromatic rings. The Labute approximate surface area is 720 Å². The summed E-state index contributed by atoms with van der Waals surface area (Å²) in [5.74, 6) is 5.97. The van der Waals surface area contributed by atoms with Gasteiger partial charge in [0.15, 0.2) is 52.4 Å². The van der Waals surface area contributed by atoms with E-state index in [9.17, 15) is 0 Å². The van der Waals surface area contributed by atoms with Crippen molar-refractivity contribution in [3.63, 3.8) is 0 Å². The van der Waals surface area contributed by atoms with Crippen LogP contribution >= 0.6 is 34.0 Å². The van der Waals surface area contributed by atoms with Crippen LogP contribution in [0.25, 0.3) is 229 Å². The standard InChI is InChI=1S/3C37H23N3S/c1-3-10-24(11-4-1)35-38-36(25-12-5-2-6-13-25)40-37(39-35)29-15-9-14-26(20-29)27-18-19-28-23-34-32(22-30(28)21-27)31-16-7-8-17-33(31)41-34;1-3-10-24(11-4-1)35-38-36(25-12-5-2-6-13-25)40-37(39-35)29-15-9-14-26(20-29)27-18-19-28-22-32-31-16-7-8-17-33(31)41-34(32)23-30(28)21-27;1-3-10-25(11-4-1)35-38-36(26-12-5-2-6-13-26)40-37(39-35)27-20-18-24(19-21-27)29-16-9-14-28-22-34-32(23-31(28)29)30-15-7-8-17-33(30)41-34/h3*1-23H. The first-order valence-corrected chi connectivity index (χ1v) is 43.3. The number of hydrogen-bond donors (Lipinski definition) is 0. The van der Waals surface area contributed by atoms with Gasteiger partial charge in [0.1, 0.15) is 0 Å². The number of nitrogens with zero attached hydrogens (tertiary/aromatic N) is 9. The maximum absolute atomic E-state index is 4.92. The molecule has 6 aromatic heterocycles. The molecule has 0 radical (unpaired) electrons. The van der Waals surface area contributed by atoms with Gasteiger partial charge in [0.05, 0.1) is 0 Å². The molecule has 0 aliphatic rings. The van der Waals surface area contributed by atoms with E-state index in [4.69, 9.17) is 44.9 Å². The highest BCUT2D eigenvalue weighted by atomic mass is 32.1. The number of thiophene rings is 3. The minimum Gasteiger partial charge on any atom is -0.208 e. The van der Waals surface area contributed by atoms with Gasteiger partial charge in [-0.05, 0) is 145 Å². The highest BCUT2D eigenvalue weighted by molar-refractivity contribution is 7.26. The van der Waals surface area contributed by atoms with Gasteiger partial charge in [-0.2, -0.15) is 0 Å². The number of hydrogen-bond acceptors (Lipinski definition) is 12. The van der Waals surface area contributed by atoms with E-state index in [1.54, 1.807) is 0 Å². The highest BCUT2D eigenvalue weighted by Crippen LogP contribution is 2.44. The summed E-state index contributed by atoms with van der Waals surface area (Å²) in [5.41, 5.74) is 15.6. The average molecular weight is 1630 g/mol. The van der Waals surface area contributed by atoms with Crippen molar-refractivity contribution in [2.45, 2.75) is 0 Å². The topological polar surface area (TPSA) is 116 Å². The van der Waals surface area contributed by atoms with Gasteiger partial charge in [0, 0.05) is 111 Å². The van der Waals surface area contributed by atoms with Crippen molar-refractivity contribution >= 4 is 127 Å². The second-order valence-electron chi connectivity index (χ2n) is 30.3. The van der Waals surface area contributed by atoms with E-state index >= 15 is 0 Å². The van der Waals surface area contributed by atoms with Crippen LogP contribution < -0.4 is 0 Å². The first-order valence-electron chi connectivity index (χ1n) is 40.8. The van der Waals surface area contributed by atoms with Gasteiger partial charge in [-0.15, -0.1) is 34.0 Å². The third-order valence-electron chi connectivity index (χ3n) is 22.5. The third kappa shape index (κ3) is 14.9. The Balaban J connectivity index is 0.000000110. The maximum Gasteiger partial charge on any atom is 0.164 e. The summed E-state index contributed by atoms with van der Waals surface area (Å²) in [4.78, 5) is 43.9. The van der Waals surface area contributed by atoms with Crippen LogP contribution in [-0.4, -0.2) is 44.9 Å². The van der Waals surface area contributed by atoms with Crippen molar-refractivity contribution in [3.05, 3.63) is 419 Å². The molecule has 0 bridgehead atoms. The van der Waals surface area contributed by atoms with Gasteiger partial charge < -0.3 is 0 Å². The predicted octanol–water partition coefficient (Wildman–Crippen LogP) is 30.2. The molecule has 0 aliphatic carbocycles. The van der Waals surface area contributed by atoms with Crippen LogP contribution in [0.5, 0.6) is 0 Å². The molecule has 0 amide bonds. The van der Waals surface area contributed by atoms with Crippen molar-refractivity contribution in [2.24, 2.45) is 0 Å². The first-order chi connectivity index (χ1) is 60.9. The van der Waals surface area contributed by atoms with E-state index in [2.05, 4.69) is 237 Å². The molecular formula is C111H69N9S3. The van der Waals surface area contributed by atoms with Gasteiger partial charge in [-0.1, -0.05) is 340 Å². The molecule has 0 saturated carbocycles. The van der Waals surface area contributed by atoms with Crippen LogP contribution in [-0.2, 0) is 0 Å². The minimum absolute atomic E-state index is 0.659. The number of aromatic nitrogens is 9. The zero-order valence-electron chi connectivity index (χ0n) is 66.1. The molecule has 0 aliphatic heterocycles. The van der Waals surface area contributed by atoms with Crippen molar-refractivity contribution < 1.29 is 0 Å². The summed E-state index contributed by atoms with van der Waals surface area (Å²) in [6, 6.07) is 146. The van der Waals surface area contributed by atoms with E-state index in [1.165, 1.54) is 115 Å².